The van der Waals surface area contributed by atoms with E-state index in [0.29, 0.717) is 0 Å². The smallest absolute Gasteiger partial charge is 0.293 e. The normalized spacial score (nSPS) is 12.8. The number of aromatic nitrogens is 3. The summed E-state index contributed by atoms with van der Waals surface area (Å²) < 4.78 is 15.8. The lowest BCUT2D eigenvalue weighted by molar-refractivity contribution is -0.138. The number of halogens is 1. The molecule has 0 spiro atoms. The number of aliphatic carboxylic acids is 1. The Kier molecular flexibility index (Phi) is 4.87. The number of nitrogens with zero attached hydrogens (tertiary/aromatic N) is 2. The fourth-order valence-corrected chi connectivity index (χ4v) is 4.40. The number of benzene rings is 2. The van der Waals surface area contributed by atoms with Crippen molar-refractivity contribution in [2.24, 2.45) is 0 Å². The highest BCUT2D eigenvalue weighted by molar-refractivity contribution is 6.61. The van der Waals surface area contributed by atoms with Crippen molar-refractivity contribution in [1.82, 2.24) is 14.8 Å². The Hall–Kier alpha value is -2.89. The van der Waals surface area contributed by atoms with Crippen molar-refractivity contribution in [2.45, 2.75) is 30.2 Å². The number of hydrogen-bond acceptors (Lipinski definition) is 2. The highest BCUT2D eigenvalue weighted by Crippen LogP contribution is 2.47. The van der Waals surface area contributed by atoms with Crippen LogP contribution in [0, 0.1) is 5.82 Å². The predicted molar refractivity (Wildman–Crippen MR) is 133 cm³/mol. The van der Waals surface area contributed by atoms with Crippen molar-refractivity contribution in [3.8, 4) is 5.69 Å². The average molecular weight is 413 g/mol. The number of carboxylic acids is 1. The molecule has 4 aromatic rings. The SMILES string of the molecule is BC(B)(C(=O)O)C(B)(B)c1c(C(C)C)n(-c2ccc(F)cc2)c2cc3cn[nH]c3cc12. The van der Waals surface area contributed by atoms with Crippen LogP contribution in [0.25, 0.3) is 27.5 Å². The van der Waals surface area contributed by atoms with Crippen LogP contribution in [0.15, 0.2) is 42.6 Å². The summed E-state index contributed by atoms with van der Waals surface area (Å²) in [7, 11) is 7.53. The second kappa shape index (κ2) is 7.07. The lowest BCUT2D eigenvalue weighted by Gasteiger charge is -2.40. The summed E-state index contributed by atoms with van der Waals surface area (Å²) in [6, 6.07) is 10.6. The van der Waals surface area contributed by atoms with Crippen molar-refractivity contribution >= 4 is 59.2 Å². The maximum atomic E-state index is 13.7. The molecular weight excluding hydrogens is 388 g/mol. The number of aromatic amines is 1. The van der Waals surface area contributed by atoms with E-state index in [1.54, 1.807) is 34.0 Å². The van der Waals surface area contributed by atoms with E-state index in [1.165, 1.54) is 12.1 Å². The molecule has 2 heterocycles. The molecule has 0 aliphatic rings. The highest BCUT2D eigenvalue weighted by atomic mass is 19.1. The molecule has 0 atom stereocenters. The number of H-pyrrole nitrogens is 1. The van der Waals surface area contributed by atoms with Gasteiger partial charge in [-0.1, -0.05) is 19.1 Å². The van der Waals surface area contributed by atoms with Crippen LogP contribution in [0.4, 0.5) is 4.39 Å². The van der Waals surface area contributed by atoms with Crippen LogP contribution < -0.4 is 0 Å². The van der Waals surface area contributed by atoms with Crippen molar-refractivity contribution in [2.75, 3.05) is 0 Å². The molecule has 154 valence electrons. The van der Waals surface area contributed by atoms with E-state index in [1.807, 2.05) is 15.7 Å². The lowest BCUT2D eigenvalue weighted by atomic mass is 9.28. The average Bonchev–Trinajstić information content (AvgIpc) is 3.28. The van der Waals surface area contributed by atoms with E-state index in [2.05, 4.69) is 40.7 Å². The van der Waals surface area contributed by atoms with Gasteiger partial charge in [-0.15, -0.1) is 0 Å². The van der Waals surface area contributed by atoms with Crippen molar-refractivity contribution in [1.29, 1.82) is 0 Å². The minimum atomic E-state index is -1.03. The van der Waals surface area contributed by atoms with Crippen LogP contribution in [0.2, 0.25) is 5.21 Å². The van der Waals surface area contributed by atoms with Gasteiger partial charge in [-0.05, 0) is 47.9 Å². The zero-order valence-electron chi connectivity index (χ0n) is 18.7. The first-order valence-corrected chi connectivity index (χ1v) is 10.5. The van der Waals surface area contributed by atoms with Gasteiger partial charge in [0.1, 0.15) is 37.2 Å². The van der Waals surface area contributed by atoms with Gasteiger partial charge in [0.15, 0.2) is 0 Å². The Bertz CT molecular complexity index is 1310. The number of carboxylic acid groups (broad SMARTS) is 1. The molecule has 4 rings (SSSR count). The van der Waals surface area contributed by atoms with Gasteiger partial charge in [0.25, 0.3) is 5.97 Å². The van der Waals surface area contributed by atoms with Gasteiger partial charge in [0, 0.05) is 27.4 Å². The second-order valence-corrected chi connectivity index (χ2v) is 9.61. The molecular formula is C21H24B4FN3O2. The second-order valence-electron chi connectivity index (χ2n) is 9.61. The molecule has 0 amide bonds. The fourth-order valence-electron chi connectivity index (χ4n) is 4.40. The summed E-state index contributed by atoms with van der Waals surface area (Å²) in [6.07, 6.45) is 1.78. The van der Waals surface area contributed by atoms with Gasteiger partial charge in [0.05, 0.1) is 17.2 Å². The van der Waals surface area contributed by atoms with Crippen LogP contribution in [-0.4, -0.2) is 57.2 Å². The molecule has 2 aromatic heterocycles. The van der Waals surface area contributed by atoms with E-state index >= 15 is 0 Å². The minimum Gasteiger partial charge on any atom is -0.482 e. The number of fused-ring (bicyclic) bond motifs is 2. The van der Waals surface area contributed by atoms with Crippen LogP contribution in [0.1, 0.15) is 31.0 Å². The van der Waals surface area contributed by atoms with Crippen molar-refractivity contribution in [3.05, 3.63) is 59.7 Å². The van der Waals surface area contributed by atoms with Crippen LogP contribution >= 0.6 is 0 Å². The van der Waals surface area contributed by atoms with E-state index in [0.717, 1.165) is 38.8 Å². The summed E-state index contributed by atoms with van der Waals surface area (Å²) in [5.74, 6) is -1.04. The van der Waals surface area contributed by atoms with E-state index in [-0.39, 0.29) is 11.7 Å². The molecule has 0 unspecified atom stereocenters. The molecule has 2 N–H and O–H groups in total. The predicted octanol–water partition coefficient (Wildman–Crippen LogP) is 0.655. The molecule has 0 fully saturated rings. The lowest BCUT2D eigenvalue weighted by Crippen LogP contribution is -2.48. The molecule has 5 nitrogen and oxygen atoms in total. The quantitative estimate of drug-likeness (QED) is 0.473. The molecule has 0 bridgehead atoms. The van der Waals surface area contributed by atoms with Crippen molar-refractivity contribution < 1.29 is 14.3 Å². The zero-order valence-corrected chi connectivity index (χ0v) is 18.7. The Morgan fingerprint density at radius 2 is 1.81 bits per heavy atom. The van der Waals surface area contributed by atoms with E-state index < -0.39 is 16.4 Å². The van der Waals surface area contributed by atoms with Gasteiger partial charge in [-0.3, -0.25) is 9.89 Å². The number of rotatable bonds is 5. The van der Waals surface area contributed by atoms with Crippen LogP contribution in [-0.2, 0) is 10.0 Å². The number of hydrogen-bond donors (Lipinski definition) is 2. The molecule has 0 saturated heterocycles. The third-order valence-electron chi connectivity index (χ3n) is 6.92. The first-order valence-electron chi connectivity index (χ1n) is 10.5. The van der Waals surface area contributed by atoms with Gasteiger partial charge in [-0.25, -0.2) is 4.39 Å². The molecule has 0 aliphatic carbocycles. The topological polar surface area (TPSA) is 70.9 Å². The molecule has 31 heavy (non-hydrogen) atoms. The molecule has 10 heteroatoms. The maximum absolute atomic E-state index is 13.7. The van der Waals surface area contributed by atoms with Crippen molar-refractivity contribution in [3.63, 3.8) is 0 Å². The first kappa shape index (κ1) is 21.3. The number of carbonyl (C=O) groups is 1. The van der Waals surface area contributed by atoms with Crippen LogP contribution in [0.5, 0.6) is 0 Å². The molecule has 0 aliphatic heterocycles. The summed E-state index contributed by atoms with van der Waals surface area (Å²) in [6.45, 7) is 4.21. The Morgan fingerprint density at radius 1 is 1.16 bits per heavy atom. The van der Waals surface area contributed by atoms with Gasteiger partial charge >= 0.3 is 0 Å². The highest BCUT2D eigenvalue weighted by Gasteiger charge is 2.46. The van der Waals surface area contributed by atoms with Gasteiger partial charge < -0.3 is 9.67 Å². The zero-order chi connectivity index (χ0) is 22.7. The largest absolute Gasteiger partial charge is 0.482 e. The Labute approximate surface area is 184 Å². The monoisotopic (exact) mass is 413 g/mol. The molecule has 0 saturated carbocycles. The van der Waals surface area contributed by atoms with E-state index in [9.17, 15) is 14.3 Å². The Morgan fingerprint density at radius 3 is 2.39 bits per heavy atom. The van der Waals surface area contributed by atoms with Gasteiger partial charge in [-0.2, -0.15) is 5.10 Å². The van der Waals surface area contributed by atoms with Gasteiger partial charge in [0.2, 0.25) is 0 Å². The fraction of sp³-hybridized carbons (Fsp3) is 0.238. The number of nitrogens with one attached hydrogen (secondary N) is 1. The summed E-state index contributed by atoms with van der Waals surface area (Å²) in [4.78, 5) is 12.3. The van der Waals surface area contributed by atoms with E-state index in [4.69, 9.17) is 0 Å². The Balaban J connectivity index is 2.20. The first-order chi connectivity index (χ1) is 14.5. The summed E-state index contributed by atoms with van der Waals surface area (Å²) in [5, 5.41) is 17.5. The summed E-state index contributed by atoms with van der Waals surface area (Å²) >= 11 is 0. The molecule has 2 aromatic carbocycles. The third-order valence-corrected chi connectivity index (χ3v) is 6.92. The third kappa shape index (κ3) is 3.11. The summed E-state index contributed by atoms with van der Waals surface area (Å²) in [5.41, 5.74) is 4.71. The maximum Gasteiger partial charge on any atom is 0.293 e. The molecule has 0 radical (unpaired) electrons. The minimum absolute atomic E-state index is 0.104. The standard InChI is InChI=1S/C21H24B4FN3O2/c1-10(2)18-17(20(22,23)21(24,25)19(30)31)14-8-15-11(9-27-28-15)7-16(14)29(18)13-5-3-12(26)4-6-13/h3-10H,22-25H2,1-2H3,(H,27,28)(H,30,31). The van der Waals surface area contributed by atoms with Crippen LogP contribution in [0.3, 0.4) is 0 Å².